The zero-order valence-corrected chi connectivity index (χ0v) is 14.7. The average Bonchev–Trinajstić information content (AvgIpc) is 3.33. The molecule has 3 heterocycles. The number of nitrogens with zero attached hydrogens (tertiary/aromatic N) is 7. The highest BCUT2D eigenvalue weighted by molar-refractivity contribution is 5.92. The lowest BCUT2D eigenvalue weighted by Crippen LogP contribution is -2.46. The van der Waals surface area contributed by atoms with E-state index in [4.69, 9.17) is 0 Å². The van der Waals surface area contributed by atoms with E-state index in [1.165, 1.54) is 22.1 Å². The van der Waals surface area contributed by atoms with Crippen LogP contribution in [0, 0.1) is 0 Å². The van der Waals surface area contributed by atoms with Crippen LogP contribution < -0.4 is 0 Å². The Balaban J connectivity index is 1.45. The number of tetrazole rings is 1. The molecule has 1 atom stereocenters. The van der Waals surface area contributed by atoms with Crippen molar-refractivity contribution in [3.8, 4) is 5.82 Å². The Bertz CT molecular complexity index is 903. The van der Waals surface area contributed by atoms with E-state index >= 15 is 0 Å². The highest BCUT2D eigenvalue weighted by Gasteiger charge is 2.26. The molecule has 4 rings (SSSR count). The number of fused-ring (bicyclic) bond motifs is 1. The number of hydrogen-bond acceptors (Lipinski definition) is 6. The summed E-state index contributed by atoms with van der Waals surface area (Å²) in [6.45, 7) is 1.54. The van der Waals surface area contributed by atoms with Crippen LogP contribution in [-0.4, -0.2) is 72.8 Å². The van der Waals surface area contributed by atoms with Gasteiger partial charge in [0.05, 0.1) is 0 Å². The van der Waals surface area contributed by atoms with Crippen molar-refractivity contribution in [2.24, 2.45) is 0 Å². The molecule has 3 aromatic rings. The van der Waals surface area contributed by atoms with Crippen LogP contribution in [0.3, 0.4) is 0 Å². The van der Waals surface area contributed by atoms with Gasteiger partial charge in [0.15, 0.2) is 5.82 Å². The smallest absolute Gasteiger partial charge is 0.271 e. The Morgan fingerprint density at radius 3 is 2.92 bits per heavy atom. The van der Waals surface area contributed by atoms with Gasteiger partial charge in [-0.05, 0) is 35.0 Å². The monoisotopic (exact) mass is 352 g/mol. The highest BCUT2D eigenvalue weighted by Crippen LogP contribution is 2.22. The maximum absolute atomic E-state index is 12.7. The van der Waals surface area contributed by atoms with Crippen LogP contribution in [0.4, 0.5) is 0 Å². The summed E-state index contributed by atoms with van der Waals surface area (Å²) in [7, 11) is 3.92. The molecule has 0 saturated carbocycles. The third-order valence-electron chi connectivity index (χ3n) is 4.83. The van der Waals surface area contributed by atoms with Crippen molar-refractivity contribution in [2.45, 2.75) is 19.0 Å². The summed E-state index contributed by atoms with van der Waals surface area (Å²) in [5.41, 5.74) is 3.13. The first kappa shape index (κ1) is 16.4. The Morgan fingerprint density at radius 1 is 1.35 bits per heavy atom. The molecule has 0 saturated heterocycles. The molecule has 0 spiro atoms. The van der Waals surface area contributed by atoms with E-state index in [0.717, 1.165) is 13.0 Å². The molecule has 1 N–H and O–H groups in total. The third kappa shape index (κ3) is 3.08. The molecule has 1 unspecified atom stereocenters. The van der Waals surface area contributed by atoms with Gasteiger partial charge in [-0.2, -0.15) is 9.78 Å². The molecule has 1 aliphatic rings. The maximum Gasteiger partial charge on any atom is 0.271 e. The summed E-state index contributed by atoms with van der Waals surface area (Å²) in [5.74, 6) is 0.375. The van der Waals surface area contributed by atoms with Gasteiger partial charge < -0.3 is 4.90 Å². The number of rotatable bonds is 4. The Morgan fingerprint density at radius 2 is 2.15 bits per heavy atom. The normalized spacial score (nSPS) is 17.1. The van der Waals surface area contributed by atoms with Crippen molar-refractivity contribution in [1.82, 2.24) is 40.2 Å². The first-order valence-corrected chi connectivity index (χ1v) is 8.43. The molecule has 134 valence electrons. The number of amides is 1. The Labute approximate surface area is 150 Å². The lowest BCUT2D eigenvalue weighted by atomic mass is 9.94. The van der Waals surface area contributed by atoms with Gasteiger partial charge in [-0.3, -0.25) is 14.8 Å². The van der Waals surface area contributed by atoms with E-state index in [9.17, 15) is 4.79 Å². The number of nitrogens with one attached hydrogen (secondary N) is 1. The summed E-state index contributed by atoms with van der Waals surface area (Å²) in [4.78, 5) is 16.8. The molecule has 0 radical (unpaired) electrons. The van der Waals surface area contributed by atoms with Gasteiger partial charge in [-0.1, -0.05) is 24.3 Å². The number of carbonyl (C=O) groups excluding carboxylic acids is 1. The van der Waals surface area contributed by atoms with Gasteiger partial charge in [0.25, 0.3) is 5.91 Å². The second kappa shape index (κ2) is 6.68. The van der Waals surface area contributed by atoms with Crippen LogP contribution in [0.25, 0.3) is 5.82 Å². The summed E-state index contributed by atoms with van der Waals surface area (Å²) < 4.78 is 1.40. The SMILES string of the molecule is CN(CC1Cc2ccccc2CN1C)C(=O)c1cc(-n2cnnn2)n[nH]1. The molecule has 2 aromatic heterocycles. The van der Waals surface area contributed by atoms with Crippen LogP contribution in [0.1, 0.15) is 21.6 Å². The number of carbonyl (C=O) groups is 1. The van der Waals surface area contributed by atoms with Gasteiger partial charge in [0, 0.05) is 32.2 Å². The van der Waals surface area contributed by atoms with Gasteiger partial charge in [-0.15, -0.1) is 5.10 Å². The fraction of sp³-hybridized carbons (Fsp3) is 0.353. The van der Waals surface area contributed by atoms with Crippen molar-refractivity contribution in [1.29, 1.82) is 0 Å². The number of hydrogen-bond donors (Lipinski definition) is 1. The summed E-state index contributed by atoms with van der Waals surface area (Å²) >= 11 is 0. The molecule has 1 aliphatic heterocycles. The predicted molar refractivity (Wildman–Crippen MR) is 93.7 cm³/mol. The van der Waals surface area contributed by atoms with Crippen molar-refractivity contribution in [3.63, 3.8) is 0 Å². The predicted octanol–water partition coefficient (Wildman–Crippen LogP) is 0.514. The number of aromatic nitrogens is 6. The van der Waals surface area contributed by atoms with Crippen LogP contribution in [-0.2, 0) is 13.0 Å². The van der Waals surface area contributed by atoms with Crippen molar-refractivity contribution in [2.75, 3.05) is 20.6 Å². The van der Waals surface area contributed by atoms with Crippen LogP contribution in [0.5, 0.6) is 0 Å². The number of H-pyrrole nitrogens is 1. The molecule has 0 bridgehead atoms. The molecule has 9 nitrogen and oxygen atoms in total. The van der Waals surface area contributed by atoms with E-state index in [1.807, 2.05) is 7.05 Å². The lowest BCUT2D eigenvalue weighted by molar-refractivity contribution is 0.0728. The van der Waals surface area contributed by atoms with E-state index in [0.29, 0.717) is 18.1 Å². The van der Waals surface area contributed by atoms with Crippen molar-refractivity contribution < 1.29 is 4.79 Å². The van der Waals surface area contributed by atoms with Gasteiger partial charge in [-0.25, -0.2) is 0 Å². The van der Waals surface area contributed by atoms with Gasteiger partial charge in [0.1, 0.15) is 12.0 Å². The molecule has 26 heavy (non-hydrogen) atoms. The third-order valence-corrected chi connectivity index (χ3v) is 4.83. The quantitative estimate of drug-likeness (QED) is 0.735. The van der Waals surface area contributed by atoms with E-state index in [-0.39, 0.29) is 11.9 Å². The van der Waals surface area contributed by atoms with E-state index in [2.05, 4.69) is 61.9 Å². The molecular weight excluding hydrogens is 332 g/mol. The average molecular weight is 352 g/mol. The van der Waals surface area contributed by atoms with E-state index in [1.54, 1.807) is 11.0 Å². The Kier molecular flexibility index (Phi) is 4.21. The van der Waals surface area contributed by atoms with Crippen molar-refractivity contribution in [3.05, 3.63) is 53.5 Å². The van der Waals surface area contributed by atoms with Crippen LogP contribution in [0.2, 0.25) is 0 Å². The molecule has 0 aliphatic carbocycles. The fourth-order valence-corrected chi connectivity index (χ4v) is 3.33. The largest absolute Gasteiger partial charge is 0.339 e. The minimum atomic E-state index is -0.107. The fourth-order valence-electron chi connectivity index (χ4n) is 3.33. The minimum absolute atomic E-state index is 0.107. The second-order valence-corrected chi connectivity index (χ2v) is 6.62. The van der Waals surface area contributed by atoms with E-state index < -0.39 is 0 Å². The minimum Gasteiger partial charge on any atom is -0.339 e. The summed E-state index contributed by atoms with van der Waals surface area (Å²) in [6.07, 6.45) is 2.37. The Hall–Kier alpha value is -3.07. The highest BCUT2D eigenvalue weighted by atomic mass is 16.2. The first-order chi connectivity index (χ1) is 12.6. The van der Waals surface area contributed by atoms with Gasteiger partial charge >= 0.3 is 0 Å². The number of benzene rings is 1. The van der Waals surface area contributed by atoms with Crippen LogP contribution >= 0.6 is 0 Å². The number of aromatic amines is 1. The second-order valence-electron chi connectivity index (χ2n) is 6.62. The molecule has 9 heteroatoms. The molecular formula is C17H20N8O. The standard InChI is InChI=1S/C17H20N8O/c1-23-9-13-6-4-3-5-12(13)7-14(23)10-24(2)17(26)15-8-16(20-19-15)25-11-18-21-22-25/h3-6,8,11,14H,7,9-10H2,1-2H3,(H,19,20). The summed E-state index contributed by atoms with van der Waals surface area (Å²) in [5, 5.41) is 17.8. The summed E-state index contributed by atoms with van der Waals surface area (Å²) in [6, 6.07) is 10.4. The van der Waals surface area contributed by atoms with Crippen molar-refractivity contribution >= 4 is 5.91 Å². The zero-order valence-electron chi connectivity index (χ0n) is 14.7. The first-order valence-electron chi connectivity index (χ1n) is 8.43. The molecule has 0 fully saturated rings. The lowest BCUT2D eigenvalue weighted by Gasteiger charge is -2.36. The van der Waals surface area contributed by atoms with Gasteiger partial charge in [0.2, 0.25) is 0 Å². The molecule has 1 aromatic carbocycles. The number of likely N-dealkylation sites (N-methyl/N-ethyl adjacent to an activating group) is 2. The topological polar surface area (TPSA) is 95.8 Å². The zero-order chi connectivity index (χ0) is 18.1. The van der Waals surface area contributed by atoms with Crippen LogP contribution in [0.15, 0.2) is 36.7 Å². The molecule has 1 amide bonds. The maximum atomic E-state index is 12.7.